The number of ether oxygens (including phenoxy) is 1. The number of hydrogen-bond acceptors (Lipinski definition) is 9. The predicted octanol–water partition coefficient (Wildman–Crippen LogP) is 5.87. The molecule has 0 saturated carbocycles. The van der Waals surface area contributed by atoms with E-state index in [0.29, 0.717) is 38.2 Å². The average Bonchev–Trinajstić information content (AvgIpc) is 3.54. The highest BCUT2D eigenvalue weighted by Crippen LogP contribution is 2.37. The smallest absolute Gasteiger partial charge is 0.265 e. The van der Waals surface area contributed by atoms with E-state index in [1.165, 1.54) is 34.2 Å². The molecule has 0 fully saturated rings. The topological polar surface area (TPSA) is 137 Å². The van der Waals surface area contributed by atoms with Crippen LogP contribution < -0.4 is 16.0 Å². The molecule has 1 aromatic carbocycles. The number of halogens is 2. The first kappa shape index (κ1) is 27.3. The summed E-state index contributed by atoms with van der Waals surface area (Å²) < 4.78 is 23.1. The van der Waals surface area contributed by atoms with Crippen LogP contribution >= 0.6 is 22.9 Å². The van der Waals surface area contributed by atoms with Gasteiger partial charge < -0.3 is 10.5 Å². The van der Waals surface area contributed by atoms with E-state index in [0.717, 1.165) is 0 Å². The first-order valence-electron chi connectivity index (χ1n) is 12.8. The van der Waals surface area contributed by atoms with Gasteiger partial charge in [0.15, 0.2) is 5.65 Å². The second-order valence-corrected chi connectivity index (χ2v) is 11.1. The fraction of sp³-hybridized carbons (Fsp3) is 0.172. The van der Waals surface area contributed by atoms with Crippen LogP contribution in [0.25, 0.3) is 38.2 Å². The van der Waals surface area contributed by atoms with Gasteiger partial charge in [-0.3, -0.25) is 9.20 Å². The van der Waals surface area contributed by atoms with E-state index in [4.69, 9.17) is 27.2 Å². The lowest BCUT2D eigenvalue weighted by atomic mass is 9.97. The number of nitrogen functional groups attached to an aromatic ring is 1. The molecule has 13 heteroatoms. The Morgan fingerprint density at radius 2 is 1.95 bits per heavy atom. The molecule has 5 aromatic heterocycles. The molecular formula is C29H22ClFN8O2S. The molecule has 2 N–H and O–H groups in total. The molecule has 210 valence electrons. The van der Waals surface area contributed by atoms with E-state index in [9.17, 15) is 14.4 Å². The summed E-state index contributed by atoms with van der Waals surface area (Å²) >= 11 is 7.67. The maximum absolute atomic E-state index is 14.4. The standard InChI is InChI=1S/C29H22ClFN8O2S/c1-14(2)41-28-17(10-32)7-18(11-34-28)25-24-26(33)35-13-36-27(24)39(37-25)15(3)20-9-22-38(21(30)12-42-22)29(40)23(20)16-5-4-6-19(31)8-16/h4-9,11-15H,1-3H3,(H2,33,35,36)/t15-/m0/s1. The van der Waals surface area contributed by atoms with Crippen molar-refractivity contribution in [2.24, 2.45) is 0 Å². The number of anilines is 1. The van der Waals surface area contributed by atoms with Gasteiger partial charge in [0.05, 0.1) is 23.1 Å². The van der Waals surface area contributed by atoms with Crippen molar-refractivity contribution in [1.82, 2.24) is 29.1 Å². The number of fused-ring (bicyclic) bond motifs is 2. The van der Waals surface area contributed by atoms with Gasteiger partial charge in [0.1, 0.15) is 45.3 Å². The molecule has 10 nitrogen and oxygen atoms in total. The van der Waals surface area contributed by atoms with Gasteiger partial charge in [-0.25, -0.2) is 24.0 Å². The Morgan fingerprint density at radius 1 is 1.14 bits per heavy atom. The molecular weight excluding hydrogens is 579 g/mol. The molecule has 6 rings (SSSR count). The Labute approximate surface area is 247 Å². The Hall–Kier alpha value is -4.86. The highest BCUT2D eigenvalue weighted by atomic mass is 35.5. The summed E-state index contributed by atoms with van der Waals surface area (Å²) in [6, 6.07) is 10.8. The summed E-state index contributed by atoms with van der Waals surface area (Å²) in [6.45, 7) is 5.55. The Morgan fingerprint density at radius 3 is 2.69 bits per heavy atom. The van der Waals surface area contributed by atoms with Crippen molar-refractivity contribution >= 4 is 44.6 Å². The van der Waals surface area contributed by atoms with Gasteiger partial charge in [-0.2, -0.15) is 10.4 Å². The fourth-order valence-electron chi connectivity index (χ4n) is 4.90. The average molecular weight is 601 g/mol. The van der Waals surface area contributed by atoms with E-state index < -0.39 is 11.9 Å². The van der Waals surface area contributed by atoms with Crippen molar-refractivity contribution in [2.45, 2.75) is 32.9 Å². The van der Waals surface area contributed by atoms with Gasteiger partial charge in [-0.05, 0) is 56.2 Å². The maximum atomic E-state index is 14.4. The van der Waals surface area contributed by atoms with Crippen LogP contribution in [0.15, 0.2) is 59.1 Å². The minimum atomic E-state index is -0.584. The minimum Gasteiger partial charge on any atom is -0.474 e. The van der Waals surface area contributed by atoms with Gasteiger partial charge >= 0.3 is 0 Å². The van der Waals surface area contributed by atoms with Crippen molar-refractivity contribution in [3.63, 3.8) is 0 Å². The van der Waals surface area contributed by atoms with Gasteiger partial charge in [0, 0.05) is 17.1 Å². The van der Waals surface area contributed by atoms with Crippen LogP contribution in [0.5, 0.6) is 5.88 Å². The van der Waals surface area contributed by atoms with Crippen molar-refractivity contribution in [3.8, 4) is 34.3 Å². The number of aromatic nitrogens is 6. The number of pyridine rings is 2. The van der Waals surface area contributed by atoms with Crippen molar-refractivity contribution in [3.05, 3.63) is 86.8 Å². The van der Waals surface area contributed by atoms with E-state index in [1.54, 1.807) is 34.5 Å². The molecule has 0 unspecified atom stereocenters. The molecule has 0 bridgehead atoms. The number of benzene rings is 1. The Balaban J connectivity index is 1.59. The van der Waals surface area contributed by atoms with Crippen LogP contribution in [-0.2, 0) is 0 Å². The molecule has 0 saturated heterocycles. The molecule has 6 aromatic rings. The highest BCUT2D eigenvalue weighted by molar-refractivity contribution is 7.16. The predicted molar refractivity (Wildman–Crippen MR) is 159 cm³/mol. The summed E-state index contributed by atoms with van der Waals surface area (Å²) in [5, 5.41) is 17.0. The highest BCUT2D eigenvalue weighted by Gasteiger charge is 2.26. The molecule has 0 aliphatic carbocycles. The fourth-order valence-corrected chi connectivity index (χ4v) is 6.05. The van der Waals surface area contributed by atoms with Gasteiger partial charge in [-0.1, -0.05) is 23.7 Å². The third kappa shape index (κ3) is 4.52. The van der Waals surface area contributed by atoms with E-state index >= 15 is 0 Å². The van der Waals surface area contributed by atoms with Crippen molar-refractivity contribution in [1.29, 1.82) is 5.26 Å². The minimum absolute atomic E-state index is 0.174. The van der Waals surface area contributed by atoms with Crippen LogP contribution in [0.1, 0.15) is 37.9 Å². The van der Waals surface area contributed by atoms with E-state index in [1.807, 2.05) is 26.8 Å². The first-order chi connectivity index (χ1) is 20.2. The normalized spacial score (nSPS) is 12.2. The molecule has 0 aliphatic rings. The monoisotopic (exact) mass is 600 g/mol. The lowest BCUT2D eigenvalue weighted by molar-refractivity contribution is 0.232. The zero-order valence-corrected chi connectivity index (χ0v) is 24.1. The summed E-state index contributed by atoms with van der Waals surface area (Å²) in [6.07, 6.45) is 2.70. The van der Waals surface area contributed by atoms with Gasteiger partial charge in [0.25, 0.3) is 5.56 Å². The van der Waals surface area contributed by atoms with Crippen LogP contribution in [0, 0.1) is 17.1 Å². The van der Waals surface area contributed by atoms with Crippen molar-refractivity contribution < 1.29 is 9.13 Å². The largest absolute Gasteiger partial charge is 0.474 e. The lowest BCUT2D eigenvalue weighted by Gasteiger charge is -2.18. The summed E-state index contributed by atoms with van der Waals surface area (Å²) in [7, 11) is 0. The maximum Gasteiger partial charge on any atom is 0.265 e. The zero-order chi connectivity index (χ0) is 29.7. The molecule has 1 atom stereocenters. The molecule has 0 spiro atoms. The van der Waals surface area contributed by atoms with Crippen LogP contribution in [0.4, 0.5) is 10.2 Å². The third-order valence-electron chi connectivity index (χ3n) is 6.74. The number of rotatable bonds is 6. The number of nitriles is 1. The molecule has 42 heavy (non-hydrogen) atoms. The first-order valence-corrected chi connectivity index (χ1v) is 14.1. The third-order valence-corrected chi connectivity index (χ3v) is 8.03. The lowest BCUT2D eigenvalue weighted by Crippen LogP contribution is -2.20. The number of nitrogens with zero attached hydrogens (tertiary/aromatic N) is 7. The van der Waals surface area contributed by atoms with Crippen LogP contribution in [-0.4, -0.2) is 35.2 Å². The SMILES string of the molecule is CC(C)Oc1ncc(-c2nn([C@@H](C)c3cc4scc(Cl)n4c(=O)c3-c3cccc(F)c3)c3ncnc(N)c23)cc1C#N. The van der Waals surface area contributed by atoms with Gasteiger partial charge in [0.2, 0.25) is 5.88 Å². The second-order valence-electron chi connectivity index (χ2n) is 9.80. The van der Waals surface area contributed by atoms with Crippen LogP contribution in [0.3, 0.4) is 0 Å². The van der Waals surface area contributed by atoms with Gasteiger partial charge in [-0.15, -0.1) is 11.3 Å². The molecule has 5 heterocycles. The number of nitrogens with two attached hydrogens (primary N) is 1. The summed E-state index contributed by atoms with van der Waals surface area (Å²) in [4.78, 5) is 27.5. The van der Waals surface area contributed by atoms with E-state index in [2.05, 4.69) is 21.0 Å². The molecule has 0 radical (unpaired) electrons. The van der Waals surface area contributed by atoms with Crippen LogP contribution in [0.2, 0.25) is 5.15 Å². The van der Waals surface area contributed by atoms with E-state index in [-0.39, 0.29) is 39.6 Å². The summed E-state index contributed by atoms with van der Waals surface area (Å²) in [5.74, 6) is -0.0916. The molecule has 0 aliphatic heterocycles. The summed E-state index contributed by atoms with van der Waals surface area (Å²) in [5.41, 5.74) is 8.73. The van der Waals surface area contributed by atoms with Crippen molar-refractivity contribution in [2.75, 3.05) is 5.73 Å². The second kappa shape index (κ2) is 10.5. The Bertz CT molecular complexity index is 2110. The number of hydrogen-bond donors (Lipinski definition) is 1. The quantitative estimate of drug-likeness (QED) is 0.250. The zero-order valence-electron chi connectivity index (χ0n) is 22.5. The Kier molecular flexibility index (Phi) is 6.84. The molecule has 0 amide bonds. The number of thiazole rings is 1.